The van der Waals surface area contributed by atoms with Crippen molar-refractivity contribution in [2.45, 2.75) is 32.4 Å². The van der Waals surface area contributed by atoms with Crippen molar-refractivity contribution in [3.05, 3.63) is 70.9 Å². The van der Waals surface area contributed by atoms with Gasteiger partial charge in [0.05, 0.1) is 18.4 Å². The first-order valence-corrected chi connectivity index (χ1v) is 11.2. The van der Waals surface area contributed by atoms with Crippen LogP contribution in [0.15, 0.2) is 60.4 Å². The van der Waals surface area contributed by atoms with Gasteiger partial charge < -0.3 is 9.88 Å². The van der Waals surface area contributed by atoms with E-state index >= 15 is 0 Å². The second-order valence-corrected chi connectivity index (χ2v) is 9.31. The van der Waals surface area contributed by atoms with Crippen LogP contribution in [0.1, 0.15) is 29.8 Å². The summed E-state index contributed by atoms with van der Waals surface area (Å²) in [5, 5.41) is 5.20. The third-order valence-corrected chi connectivity index (χ3v) is 7.39. The molecule has 0 bridgehead atoms. The van der Waals surface area contributed by atoms with Crippen LogP contribution in [-0.4, -0.2) is 33.4 Å². The zero-order valence-corrected chi connectivity index (χ0v) is 17.3. The molecule has 0 radical (unpaired) electrons. The van der Waals surface area contributed by atoms with Crippen molar-refractivity contribution in [2.24, 2.45) is 11.3 Å². The Bertz CT molecular complexity index is 958. The second-order valence-electron chi connectivity index (χ2n) is 8.27. The molecule has 29 heavy (non-hydrogen) atoms. The van der Waals surface area contributed by atoms with Crippen molar-refractivity contribution in [1.29, 1.82) is 0 Å². The number of nitrogens with zero attached hydrogens (tertiary/aromatic N) is 3. The number of thiophene rings is 1. The molecule has 1 saturated carbocycles. The molecule has 1 amide bonds. The first-order valence-electron chi connectivity index (χ1n) is 10.3. The van der Waals surface area contributed by atoms with Crippen LogP contribution in [0.4, 0.5) is 0 Å². The van der Waals surface area contributed by atoms with Crippen LogP contribution in [-0.2, 0) is 17.9 Å². The molecule has 1 saturated heterocycles. The van der Waals surface area contributed by atoms with E-state index in [1.54, 1.807) is 17.5 Å². The Hall–Kier alpha value is -2.44. The average molecular weight is 407 g/mol. The molecule has 1 unspecified atom stereocenters. The fourth-order valence-electron chi connectivity index (χ4n) is 4.66. The van der Waals surface area contributed by atoms with Gasteiger partial charge in [-0.2, -0.15) is 0 Å². The number of piperidine rings is 1. The molecule has 150 valence electrons. The summed E-state index contributed by atoms with van der Waals surface area (Å²) in [5.41, 5.74) is 2.64. The number of carbonyl (C=O) groups excluding carboxylic acids is 1. The highest BCUT2D eigenvalue weighted by molar-refractivity contribution is 7.09. The molecular weight excluding hydrogens is 380 g/mol. The number of hydrogen-bond acceptors (Lipinski definition) is 4. The van der Waals surface area contributed by atoms with Gasteiger partial charge in [-0.1, -0.05) is 6.07 Å². The van der Waals surface area contributed by atoms with Gasteiger partial charge in [0.2, 0.25) is 5.91 Å². The summed E-state index contributed by atoms with van der Waals surface area (Å²) in [6.45, 7) is 3.73. The molecule has 3 aromatic rings. The van der Waals surface area contributed by atoms with Crippen LogP contribution < -0.4 is 5.32 Å². The molecule has 4 heterocycles. The number of amides is 1. The summed E-state index contributed by atoms with van der Waals surface area (Å²) in [5.74, 6) is 0.459. The van der Waals surface area contributed by atoms with Crippen LogP contribution in [0.3, 0.4) is 0 Å². The molecular formula is C23H26N4OS. The van der Waals surface area contributed by atoms with E-state index < -0.39 is 0 Å². The Morgan fingerprint density at radius 3 is 2.86 bits per heavy atom. The Kier molecular flexibility index (Phi) is 4.97. The molecule has 1 N–H and O–H groups in total. The lowest BCUT2D eigenvalue weighted by Gasteiger charge is -2.33. The van der Waals surface area contributed by atoms with Gasteiger partial charge in [0.1, 0.15) is 0 Å². The second kappa shape index (κ2) is 7.76. The van der Waals surface area contributed by atoms with E-state index in [1.165, 1.54) is 10.6 Å². The van der Waals surface area contributed by atoms with Gasteiger partial charge in [0.25, 0.3) is 0 Å². The number of rotatable bonds is 6. The largest absolute Gasteiger partial charge is 0.351 e. The SMILES string of the molecule is O=C(NCc1cccs1)C1CC12CCN(Cc1cccn1-c1cccnc1)CC2. The summed E-state index contributed by atoms with van der Waals surface area (Å²) in [6.07, 6.45) is 9.11. The summed E-state index contributed by atoms with van der Waals surface area (Å²) in [7, 11) is 0. The van der Waals surface area contributed by atoms with Gasteiger partial charge >= 0.3 is 0 Å². The molecule has 2 fully saturated rings. The number of carbonyl (C=O) groups is 1. The van der Waals surface area contributed by atoms with Gasteiger partial charge in [-0.05, 0) is 73.5 Å². The maximum atomic E-state index is 12.6. The van der Waals surface area contributed by atoms with Crippen molar-refractivity contribution < 1.29 is 4.79 Å². The lowest BCUT2D eigenvalue weighted by atomic mass is 9.90. The summed E-state index contributed by atoms with van der Waals surface area (Å²) < 4.78 is 2.22. The van der Waals surface area contributed by atoms with E-state index in [1.807, 2.05) is 18.3 Å². The standard InChI is InChI=1S/C23H26N4OS/c28-22(25-16-20-6-3-13-29-20)21-14-23(21)7-11-26(12-8-23)17-19-5-2-10-27(19)18-4-1-9-24-15-18/h1-6,9-10,13,15,21H,7-8,11-12,14,16-17H2,(H,25,28). The molecule has 1 atom stereocenters. The van der Waals surface area contributed by atoms with Gasteiger partial charge in [-0.15, -0.1) is 11.3 Å². The molecule has 1 spiro atoms. The first kappa shape index (κ1) is 18.6. The van der Waals surface area contributed by atoms with Crippen molar-refractivity contribution >= 4 is 17.2 Å². The Morgan fingerprint density at radius 2 is 2.10 bits per heavy atom. The van der Waals surface area contributed by atoms with Crippen LogP contribution in [0.25, 0.3) is 5.69 Å². The third-order valence-electron chi connectivity index (χ3n) is 6.52. The number of nitrogens with one attached hydrogen (secondary N) is 1. The topological polar surface area (TPSA) is 50.2 Å². The van der Waals surface area contributed by atoms with E-state index in [4.69, 9.17) is 0 Å². The highest BCUT2D eigenvalue weighted by Gasteiger charge is 2.58. The summed E-state index contributed by atoms with van der Waals surface area (Å²) >= 11 is 1.70. The minimum atomic E-state index is 0.212. The number of hydrogen-bond donors (Lipinski definition) is 1. The summed E-state index contributed by atoms with van der Waals surface area (Å²) in [4.78, 5) is 20.6. The lowest BCUT2D eigenvalue weighted by molar-refractivity contribution is -0.123. The molecule has 1 aliphatic heterocycles. The highest BCUT2D eigenvalue weighted by Crippen LogP contribution is 2.59. The van der Waals surface area contributed by atoms with E-state index in [0.29, 0.717) is 6.54 Å². The monoisotopic (exact) mass is 406 g/mol. The van der Waals surface area contributed by atoms with Crippen molar-refractivity contribution in [3.8, 4) is 5.69 Å². The van der Waals surface area contributed by atoms with Crippen molar-refractivity contribution in [1.82, 2.24) is 19.8 Å². The van der Waals surface area contributed by atoms with Gasteiger partial charge in [0, 0.05) is 35.4 Å². The predicted octanol–water partition coefficient (Wildman–Crippen LogP) is 3.85. The maximum absolute atomic E-state index is 12.6. The molecule has 5 rings (SSSR count). The average Bonchev–Trinajstić information content (AvgIpc) is 3.12. The third kappa shape index (κ3) is 3.87. The van der Waals surface area contributed by atoms with Crippen molar-refractivity contribution in [3.63, 3.8) is 0 Å². The molecule has 3 aromatic heterocycles. The quantitative estimate of drug-likeness (QED) is 0.676. The van der Waals surface area contributed by atoms with E-state index in [-0.39, 0.29) is 17.2 Å². The van der Waals surface area contributed by atoms with Crippen LogP contribution >= 0.6 is 11.3 Å². The fourth-order valence-corrected chi connectivity index (χ4v) is 5.30. The van der Waals surface area contributed by atoms with E-state index in [9.17, 15) is 4.79 Å². The Balaban J connectivity index is 1.14. The first-order chi connectivity index (χ1) is 14.2. The maximum Gasteiger partial charge on any atom is 0.223 e. The minimum absolute atomic E-state index is 0.212. The normalized spacial score (nSPS) is 20.6. The minimum Gasteiger partial charge on any atom is -0.351 e. The number of likely N-dealkylation sites (tertiary alicyclic amines) is 1. The Labute approximate surface area is 175 Å². The van der Waals surface area contributed by atoms with Gasteiger partial charge in [-0.3, -0.25) is 14.7 Å². The van der Waals surface area contributed by atoms with Crippen LogP contribution in [0, 0.1) is 11.3 Å². The predicted molar refractivity (Wildman–Crippen MR) is 115 cm³/mol. The molecule has 2 aliphatic rings. The van der Waals surface area contributed by atoms with E-state index in [2.05, 4.69) is 55.6 Å². The van der Waals surface area contributed by atoms with Crippen LogP contribution in [0.5, 0.6) is 0 Å². The van der Waals surface area contributed by atoms with Crippen LogP contribution in [0.2, 0.25) is 0 Å². The van der Waals surface area contributed by atoms with Crippen molar-refractivity contribution in [2.75, 3.05) is 13.1 Å². The Morgan fingerprint density at radius 1 is 1.21 bits per heavy atom. The lowest BCUT2D eigenvalue weighted by Crippen LogP contribution is -2.37. The molecule has 0 aromatic carbocycles. The molecule has 5 nitrogen and oxygen atoms in total. The highest BCUT2D eigenvalue weighted by atomic mass is 32.1. The number of pyridine rings is 1. The zero-order chi connectivity index (χ0) is 19.7. The van der Waals surface area contributed by atoms with Gasteiger partial charge in [0.15, 0.2) is 0 Å². The number of aromatic nitrogens is 2. The van der Waals surface area contributed by atoms with E-state index in [0.717, 1.165) is 44.6 Å². The molecule has 6 heteroatoms. The molecule has 1 aliphatic carbocycles. The zero-order valence-electron chi connectivity index (χ0n) is 16.5. The summed E-state index contributed by atoms with van der Waals surface area (Å²) in [6, 6.07) is 12.5. The fraction of sp³-hybridized carbons (Fsp3) is 0.391. The smallest absolute Gasteiger partial charge is 0.223 e. The van der Waals surface area contributed by atoms with Gasteiger partial charge in [-0.25, -0.2) is 0 Å².